The zero-order valence-electron chi connectivity index (χ0n) is 13.5. The van der Waals surface area contributed by atoms with Gasteiger partial charge >= 0.3 is 0 Å². The number of hydrogen-bond donors (Lipinski definition) is 0. The lowest BCUT2D eigenvalue weighted by molar-refractivity contribution is 0.0564. The first-order valence-electron chi connectivity index (χ1n) is 8.05. The Hall–Kier alpha value is -1.35. The van der Waals surface area contributed by atoms with Gasteiger partial charge in [-0.15, -0.1) is 0 Å². The van der Waals surface area contributed by atoms with Crippen molar-refractivity contribution in [3.8, 4) is 5.75 Å². The largest absolute Gasteiger partial charge is 0.494 e. The van der Waals surface area contributed by atoms with E-state index in [-0.39, 0.29) is 11.3 Å². The highest BCUT2D eigenvalue weighted by Crippen LogP contribution is 2.35. The molecule has 0 unspecified atom stereocenters. The van der Waals surface area contributed by atoms with Crippen molar-refractivity contribution in [1.29, 1.82) is 0 Å². The highest BCUT2D eigenvalue weighted by Gasteiger charge is 2.41. The predicted octanol–water partition coefficient (Wildman–Crippen LogP) is 3.92. The molecule has 1 aliphatic carbocycles. The van der Waals surface area contributed by atoms with Gasteiger partial charge in [0.2, 0.25) is 0 Å². The SMILES string of the molecule is CCCOc1ccc(C(=O)C2(N(C)C)CCCCC2)cc1. The molecule has 3 nitrogen and oxygen atoms in total. The van der Waals surface area contributed by atoms with Crippen LogP contribution in [0.15, 0.2) is 24.3 Å². The number of likely N-dealkylation sites (N-methyl/N-ethyl adjacent to an activating group) is 1. The normalized spacial score (nSPS) is 17.7. The summed E-state index contributed by atoms with van der Waals surface area (Å²) in [5, 5.41) is 0. The van der Waals surface area contributed by atoms with E-state index in [9.17, 15) is 4.79 Å². The molecule has 21 heavy (non-hydrogen) atoms. The van der Waals surface area contributed by atoms with Crippen molar-refractivity contribution in [2.75, 3.05) is 20.7 Å². The van der Waals surface area contributed by atoms with Gasteiger partial charge in [-0.1, -0.05) is 26.2 Å². The highest BCUT2D eigenvalue weighted by molar-refractivity contribution is 6.03. The monoisotopic (exact) mass is 289 g/mol. The summed E-state index contributed by atoms with van der Waals surface area (Å²) in [4.78, 5) is 15.1. The Bertz CT molecular complexity index is 459. The minimum absolute atomic E-state index is 0.259. The summed E-state index contributed by atoms with van der Waals surface area (Å²) in [7, 11) is 4.06. The van der Waals surface area contributed by atoms with Gasteiger partial charge in [-0.2, -0.15) is 0 Å². The Labute approximate surface area is 128 Å². The molecule has 0 bridgehead atoms. The molecular formula is C18H27NO2. The van der Waals surface area contributed by atoms with Gasteiger partial charge < -0.3 is 4.74 Å². The Balaban J connectivity index is 2.17. The second-order valence-corrected chi connectivity index (χ2v) is 6.19. The number of Topliss-reactive ketones (excluding diaryl/α,β-unsaturated/α-hetero) is 1. The summed E-state index contributed by atoms with van der Waals surface area (Å²) in [5.74, 6) is 1.10. The standard InChI is InChI=1S/C18H27NO2/c1-4-14-21-16-10-8-15(9-11-16)17(20)18(19(2)3)12-6-5-7-13-18/h8-11H,4-7,12-14H2,1-3H3. The number of hydrogen-bond acceptors (Lipinski definition) is 3. The fraction of sp³-hybridized carbons (Fsp3) is 0.611. The van der Waals surface area contributed by atoms with E-state index in [2.05, 4.69) is 11.8 Å². The van der Waals surface area contributed by atoms with E-state index < -0.39 is 0 Å². The second-order valence-electron chi connectivity index (χ2n) is 6.19. The van der Waals surface area contributed by atoms with E-state index in [0.29, 0.717) is 0 Å². The van der Waals surface area contributed by atoms with Gasteiger partial charge in [-0.25, -0.2) is 0 Å². The molecule has 0 aliphatic heterocycles. The van der Waals surface area contributed by atoms with Gasteiger partial charge in [0.05, 0.1) is 12.1 Å². The number of nitrogens with zero attached hydrogens (tertiary/aromatic N) is 1. The first kappa shape index (κ1) is 16.0. The second kappa shape index (κ2) is 7.08. The molecule has 1 aliphatic rings. The maximum atomic E-state index is 13.0. The van der Waals surface area contributed by atoms with Crippen molar-refractivity contribution in [2.24, 2.45) is 0 Å². The van der Waals surface area contributed by atoms with Crippen molar-refractivity contribution in [2.45, 2.75) is 51.0 Å². The molecule has 0 N–H and O–H groups in total. The van der Waals surface area contributed by atoms with Crippen LogP contribution in [-0.4, -0.2) is 36.9 Å². The number of ether oxygens (including phenoxy) is 1. The Morgan fingerprint density at radius 2 is 1.76 bits per heavy atom. The molecule has 2 rings (SSSR count). The van der Waals surface area contributed by atoms with Gasteiger partial charge in [-0.3, -0.25) is 9.69 Å². The van der Waals surface area contributed by atoms with Crippen molar-refractivity contribution < 1.29 is 9.53 Å². The Kier molecular flexibility index (Phi) is 5.40. The van der Waals surface area contributed by atoms with Crippen LogP contribution in [-0.2, 0) is 0 Å². The van der Waals surface area contributed by atoms with Crippen LogP contribution in [0.4, 0.5) is 0 Å². The van der Waals surface area contributed by atoms with E-state index in [1.165, 1.54) is 6.42 Å². The van der Waals surface area contributed by atoms with Crippen LogP contribution < -0.4 is 4.74 Å². The third kappa shape index (κ3) is 3.46. The smallest absolute Gasteiger partial charge is 0.183 e. The summed E-state index contributed by atoms with van der Waals surface area (Å²) in [6.45, 7) is 2.80. The Morgan fingerprint density at radius 3 is 2.29 bits per heavy atom. The molecule has 0 heterocycles. The molecule has 116 valence electrons. The van der Waals surface area contributed by atoms with Crippen LogP contribution in [0.1, 0.15) is 55.8 Å². The molecule has 0 radical (unpaired) electrons. The predicted molar refractivity (Wildman–Crippen MR) is 86.1 cm³/mol. The highest BCUT2D eigenvalue weighted by atomic mass is 16.5. The fourth-order valence-corrected chi connectivity index (χ4v) is 3.21. The third-order valence-corrected chi connectivity index (χ3v) is 4.55. The van der Waals surface area contributed by atoms with Gasteiger partial charge in [-0.05, 0) is 57.6 Å². The van der Waals surface area contributed by atoms with Crippen LogP contribution in [0.2, 0.25) is 0 Å². The van der Waals surface area contributed by atoms with Gasteiger partial charge in [0.1, 0.15) is 5.75 Å². The fourth-order valence-electron chi connectivity index (χ4n) is 3.21. The molecule has 1 aromatic carbocycles. The molecule has 0 saturated heterocycles. The number of benzene rings is 1. The summed E-state index contributed by atoms with van der Waals surface area (Å²) in [5.41, 5.74) is 0.485. The molecule has 1 fully saturated rings. The van der Waals surface area contributed by atoms with Crippen LogP contribution in [0.25, 0.3) is 0 Å². The molecule has 3 heteroatoms. The van der Waals surface area contributed by atoms with Crippen LogP contribution in [0.3, 0.4) is 0 Å². The molecule has 1 saturated carbocycles. The molecule has 0 amide bonds. The number of rotatable bonds is 6. The summed E-state index contributed by atoms with van der Waals surface area (Å²) >= 11 is 0. The minimum Gasteiger partial charge on any atom is -0.494 e. The first-order chi connectivity index (χ1) is 10.1. The van der Waals surface area contributed by atoms with E-state index in [1.807, 2.05) is 38.4 Å². The molecular weight excluding hydrogens is 262 g/mol. The third-order valence-electron chi connectivity index (χ3n) is 4.55. The van der Waals surface area contributed by atoms with E-state index in [1.54, 1.807) is 0 Å². The van der Waals surface area contributed by atoms with Crippen LogP contribution in [0.5, 0.6) is 5.75 Å². The minimum atomic E-state index is -0.315. The molecule has 1 aromatic rings. The van der Waals surface area contributed by atoms with E-state index in [4.69, 9.17) is 4.74 Å². The van der Waals surface area contributed by atoms with Crippen molar-refractivity contribution >= 4 is 5.78 Å². The van der Waals surface area contributed by atoms with Crippen molar-refractivity contribution in [1.82, 2.24) is 4.90 Å². The van der Waals surface area contributed by atoms with E-state index in [0.717, 1.165) is 50.0 Å². The number of ketones is 1. The van der Waals surface area contributed by atoms with E-state index >= 15 is 0 Å². The molecule has 0 atom stereocenters. The summed E-state index contributed by atoms with van der Waals surface area (Å²) in [6.07, 6.45) is 6.44. The quantitative estimate of drug-likeness (QED) is 0.743. The van der Waals surface area contributed by atoms with Crippen molar-refractivity contribution in [3.63, 3.8) is 0 Å². The Morgan fingerprint density at radius 1 is 1.14 bits per heavy atom. The lowest BCUT2D eigenvalue weighted by Crippen LogP contribution is -2.52. The first-order valence-corrected chi connectivity index (χ1v) is 8.05. The summed E-state index contributed by atoms with van der Waals surface area (Å²) < 4.78 is 5.59. The zero-order chi connectivity index (χ0) is 15.3. The molecule has 0 aromatic heterocycles. The topological polar surface area (TPSA) is 29.5 Å². The van der Waals surface area contributed by atoms with Crippen molar-refractivity contribution in [3.05, 3.63) is 29.8 Å². The van der Waals surface area contributed by atoms with Gasteiger partial charge in [0.25, 0.3) is 0 Å². The van der Waals surface area contributed by atoms with Gasteiger partial charge in [0.15, 0.2) is 5.78 Å². The number of carbonyl (C=O) groups excluding carboxylic acids is 1. The van der Waals surface area contributed by atoms with Crippen LogP contribution >= 0.6 is 0 Å². The molecule has 0 spiro atoms. The maximum absolute atomic E-state index is 13.0. The lowest BCUT2D eigenvalue weighted by atomic mass is 9.75. The number of carbonyl (C=O) groups is 1. The maximum Gasteiger partial charge on any atom is 0.183 e. The summed E-state index contributed by atoms with van der Waals surface area (Å²) in [6, 6.07) is 7.64. The average molecular weight is 289 g/mol. The lowest BCUT2D eigenvalue weighted by Gasteiger charge is -2.41. The zero-order valence-corrected chi connectivity index (χ0v) is 13.5. The van der Waals surface area contributed by atoms with Gasteiger partial charge in [0, 0.05) is 5.56 Å². The van der Waals surface area contributed by atoms with Crippen LogP contribution in [0, 0.1) is 0 Å². The average Bonchev–Trinajstić information content (AvgIpc) is 2.53.